The van der Waals surface area contributed by atoms with E-state index in [1.54, 1.807) is 20.9 Å². The fourth-order valence-corrected chi connectivity index (χ4v) is 1.29. The van der Waals surface area contributed by atoms with Gasteiger partial charge in [0.15, 0.2) is 0 Å². The summed E-state index contributed by atoms with van der Waals surface area (Å²) in [7, 11) is 1.69. The van der Waals surface area contributed by atoms with Crippen LogP contribution in [0.4, 0.5) is 0 Å². The third kappa shape index (κ3) is 1.78. The van der Waals surface area contributed by atoms with Gasteiger partial charge in [0.25, 0.3) is 5.56 Å². The van der Waals surface area contributed by atoms with E-state index in [4.69, 9.17) is 5.11 Å². The van der Waals surface area contributed by atoms with Crippen LogP contribution < -0.4 is 5.56 Å². The molecular formula is C9H14N2O2. The molecule has 0 bridgehead atoms. The van der Waals surface area contributed by atoms with Crippen molar-refractivity contribution < 1.29 is 5.11 Å². The largest absolute Gasteiger partial charge is 0.396 e. The Labute approximate surface area is 76.9 Å². The molecule has 0 atom stereocenters. The van der Waals surface area contributed by atoms with Crippen molar-refractivity contribution >= 4 is 0 Å². The van der Waals surface area contributed by atoms with E-state index in [2.05, 4.69) is 4.98 Å². The predicted molar refractivity (Wildman–Crippen MR) is 49.7 cm³/mol. The molecule has 13 heavy (non-hydrogen) atoms. The topological polar surface area (TPSA) is 55.1 Å². The first-order valence-electron chi connectivity index (χ1n) is 4.22. The van der Waals surface area contributed by atoms with Gasteiger partial charge in [-0.05, 0) is 13.8 Å². The van der Waals surface area contributed by atoms with Crippen molar-refractivity contribution in [1.29, 1.82) is 0 Å². The van der Waals surface area contributed by atoms with Crippen LogP contribution >= 0.6 is 0 Å². The zero-order valence-electron chi connectivity index (χ0n) is 8.16. The van der Waals surface area contributed by atoms with Gasteiger partial charge in [-0.3, -0.25) is 9.36 Å². The van der Waals surface area contributed by atoms with Crippen molar-refractivity contribution in [3.05, 3.63) is 27.4 Å². The van der Waals surface area contributed by atoms with Crippen molar-refractivity contribution in [3.63, 3.8) is 0 Å². The molecule has 0 aliphatic heterocycles. The first kappa shape index (κ1) is 9.92. The van der Waals surface area contributed by atoms with Gasteiger partial charge in [0, 0.05) is 31.3 Å². The van der Waals surface area contributed by atoms with Gasteiger partial charge in [0.1, 0.15) is 5.82 Å². The van der Waals surface area contributed by atoms with E-state index in [0.717, 1.165) is 5.69 Å². The van der Waals surface area contributed by atoms with Crippen molar-refractivity contribution in [2.24, 2.45) is 7.05 Å². The molecular weight excluding hydrogens is 168 g/mol. The molecule has 1 heterocycles. The van der Waals surface area contributed by atoms with E-state index in [1.165, 1.54) is 4.57 Å². The third-order valence-corrected chi connectivity index (χ3v) is 2.18. The number of nitrogens with zero attached hydrogens (tertiary/aromatic N) is 2. The van der Waals surface area contributed by atoms with Crippen LogP contribution in [-0.2, 0) is 13.5 Å². The van der Waals surface area contributed by atoms with E-state index in [1.807, 2.05) is 0 Å². The molecule has 4 nitrogen and oxygen atoms in total. The number of hydrogen-bond donors (Lipinski definition) is 1. The summed E-state index contributed by atoms with van der Waals surface area (Å²) in [6.07, 6.45) is 0.381. The summed E-state index contributed by atoms with van der Waals surface area (Å²) in [5.41, 5.74) is 1.27. The minimum atomic E-state index is -0.0564. The van der Waals surface area contributed by atoms with Crippen LogP contribution in [0.1, 0.15) is 17.1 Å². The minimum absolute atomic E-state index is 0.0131. The van der Waals surface area contributed by atoms with Gasteiger partial charge >= 0.3 is 0 Å². The van der Waals surface area contributed by atoms with E-state index in [0.29, 0.717) is 17.8 Å². The number of aliphatic hydroxyl groups excluding tert-OH is 1. The van der Waals surface area contributed by atoms with Crippen molar-refractivity contribution in [1.82, 2.24) is 9.55 Å². The van der Waals surface area contributed by atoms with E-state index in [9.17, 15) is 4.79 Å². The molecule has 0 spiro atoms. The van der Waals surface area contributed by atoms with Gasteiger partial charge in [0.2, 0.25) is 0 Å². The quantitative estimate of drug-likeness (QED) is 0.696. The van der Waals surface area contributed by atoms with Crippen molar-refractivity contribution in [2.45, 2.75) is 20.3 Å². The SMILES string of the molecule is Cc1nc(C)n(C)c(=O)c1CCO. The number of aliphatic hydroxyl groups is 1. The van der Waals surface area contributed by atoms with E-state index >= 15 is 0 Å². The molecule has 0 aromatic carbocycles. The average Bonchev–Trinajstić information content (AvgIpc) is 2.09. The highest BCUT2D eigenvalue weighted by atomic mass is 16.3. The van der Waals surface area contributed by atoms with Crippen LogP contribution in [0.3, 0.4) is 0 Å². The minimum Gasteiger partial charge on any atom is -0.396 e. The molecule has 1 N–H and O–H groups in total. The van der Waals surface area contributed by atoms with Crippen LogP contribution in [0.5, 0.6) is 0 Å². The fourth-order valence-electron chi connectivity index (χ4n) is 1.29. The van der Waals surface area contributed by atoms with Gasteiger partial charge in [0.05, 0.1) is 0 Å². The molecule has 0 fully saturated rings. The van der Waals surface area contributed by atoms with Crippen LogP contribution in [0.25, 0.3) is 0 Å². The molecule has 0 aliphatic carbocycles. The van der Waals surface area contributed by atoms with Crippen LogP contribution in [-0.4, -0.2) is 21.3 Å². The van der Waals surface area contributed by atoms with Gasteiger partial charge in [-0.25, -0.2) is 4.98 Å². The summed E-state index contributed by atoms with van der Waals surface area (Å²) in [4.78, 5) is 15.8. The smallest absolute Gasteiger partial charge is 0.256 e. The standard InChI is InChI=1S/C9H14N2O2/c1-6-8(4-5-12)9(13)11(3)7(2)10-6/h12H,4-5H2,1-3H3. The van der Waals surface area contributed by atoms with Crippen LogP contribution in [0, 0.1) is 13.8 Å². The number of rotatable bonds is 2. The lowest BCUT2D eigenvalue weighted by Crippen LogP contribution is -2.26. The Morgan fingerprint density at radius 3 is 2.62 bits per heavy atom. The molecule has 0 amide bonds. The maximum absolute atomic E-state index is 11.6. The van der Waals surface area contributed by atoms with Crippen molar-refractivity contribution in [2.75, 3.05) is 6.61 Å². The molecule has 4 heteroatoms. The Balaban J connectivity index is 3.35. The Bertz CT molecular complexity index is 369. The maximum Gasteiger partial charge on any atom is 0.256 e. The van der Waals surface area contributed by atoms with Gasteiger partial charge in [-0.2, -0.15) is 0 Å². The molecule has 0 aliphatic rings. The second-order valence-corrected chi connectivity index (χ2v) is 3.06. The Hall–Kier alpha value is -1.16. The second-order valence-electron chi connectivity index (χ2n) is 3.06. The monoisotopic (exact) mass is 182 g/mol. The predicted octanol–water partition coefficient (Wildman–Crippen LogP) is -0.0681. The van der Waals surface area contributed by atoms with E-state index < -0.39 is 0 Å². The third-order valence-electron chi connectivity index (χ3n) is 2.18. The lowest BCUT2D eigenvalue weighted by Gasteiger charge is -2.08. The number of hydrogen-bond acceptors (Lipinski definition) is 3. The van der Waals surface area contributed by atoms with Gasteiger partial charge < -0.3 is 5.11 Å². The summed E-state index contributed by atoms with van der Waals surface area (Å²) >= 11 is 0. The highest BCUT2D eigenvalue weighted by Crippen LogP contribution is 2.00. The summed E-state index contributed by atoms with van der Waals surface area (Å²) in [5.74, 6) is 0.698. The maximum atomic E-state index is 11.6. The summed E-state index contributed by atoms with van der Waals surface area (Å²) in [5, 5.41) is 8.75. The van der Waals surface area contributed by atoms with Crippen molar-refractivity contribution in [3.8, 4) is 0 Å². The van der Waals surface area contributed by atoms with Crippen LogP contribution in [0.15, 0.2) is 4.79 Å². The Morgan fingerprint density at radius 1 is 1.46 bits per heavy atom. The molecule has 0 unspecified atom stereocenters. The molecule has 0 radical (unpaired) electrons. The second kappa shape index (κ2) is 3.70. The molecule has 72 valence electrons. The summed E-state index contributed by atoms with van der Waals surface area (Å²) in [6.45, 7) is 3.57. The van der Waals surface area contributed by atoms with E-state index in [-0.39, 0.29) is 12.2 Å². The first-order chi connectivity index (χ1) is 6.07. The lowest BCUT2D eigenvalue weighted by atomic mass is 10.2. The van der Waals surface area contributed by atoms with Gasteiger partial charge in [-0.1, -0.05) is 0 Å². The molecule has 0 saturated heterocycles. The zero-order chi connectivity index (χ0) is 10.0. The molecule has 1 rings (SSSR count). The Morgan fingerprint density at radius 2 is 2.08 bits per heavy atom. The fraction of sp³-hybridized carbons (Fsp3) is 0.556. The molecule has 1 aromatic heterocycles. The first-order valence-corrected chi connectivity index (χ1v) is 4.22. The highest BCUT2D eigenvalue weighted by molar-refractivity contribution is 5.17. The highest BCUT2D eigenvalue weighted by Gasteiger charge is 2.08. The molecule has 0 saturated carbocycles. The lowest BCUT2D eigenvalue weighted by molar-refractivity contribution is 0.298. The number of aromatic nitrogens is 2. The normalized spacial score (nSPS) is 10.5. The number of aryl methyl sites for hydroxylation is 2. The van der Waals surface area contributed by atoms with Gasteiger partial charge in [-0.15, -0.1) is 0 Å². The summed E-state index contributed by atoms with van der Waals surface area (Å²) in [6, 6.07) is 0. The van der Waals surface area contributed by atoms with Crippen LogP contribution in [0.2, 0.25) is 0 Å². The summed E-state index contributed by atoms with van der Waals surface area (Å²) < 4.78 is 1.50. The Kier molecular flexibility index (Phi) is 2.83. The molecule has 1 aromatic rings. The zero-order valence-corrected chi connectivity index (χ0v) is 8.16. The average molecular weight is 182 g/mol.